The zero-order valence-corrected chi connectivity index (χ0v) is 10.9. The van der Waals surface area contributed by atoms with Crippen molar-refractivity contribution in [2.45, 2.75) is 33.1 Å². The van der Waals surface area contributed by atoms with Gasteiger partial charge in [-0.3, -0.25) is 4.57 Å². The van der Waals surface area contributed by atoms with Gasteiger partial charge in [0.1, 0.15) is 0 Å². The third-order valence-corrected chi connectivity index (χ3v) is 4.07. The Kier molecular flexibility index (Phi) is 9.34. The SMILES string of the molecule is CCOP(=O)(CCCCCN=[N+]=[N-])OCC. The Morgan fingerprint density at radius 1 is 1.19 bits per heavy atom. The van der Waals surface area contributed by atoms with Gasteiger partial charge in [0.25, 0.3) is 0 Å². The fourth-order valence-electron chi connectivity index (χ4n) is 1.27. The van der Waals surface area contributed by atoms with Crippen molar-refractivity contribution in [2.75, 3.05) is 25.9 Å². The van der Waals surface area contributed by atoms with Crippen LogP contribution in [0.3, 0.4) is 0 Å². The molecule has 0 aliphatic rings. The molecular weight excluding hydrogens is 229 g/mol. The van der Waals surface area contributed by atoms with Crippen LogP contribution in [-0.4, -0.2) is 25.9 Å². The van der Waals surface area contributed by atoms with Crippen LogP contribution in [0, 0.1) is 0 Å². The van der Waals surface area contributed by atoms with Crippen LogP contribution in [0.2, 0.25) is 0 Å². The Balaban J connectivity index is 3.76. The first-order chi connectivity index (χ1) is 7.68. The molecule has 0 saturated carbocycles. The second-order valence-corrected chi connectivity index (χ2v) is 5.37. The molecule has 0 aromatic carbocycles. The highest BCUT2D eigenvalue weighted by Crippen LogP contribution is 2.48. The Morgan fingerprint density at radius 2 is 1.81 bits per heavy atom. The number of unbranched alkanes of at least 4 members (excludes halogenated alkanes) is 2. The van der Waals surface area contributed by atoms with Crippen molar-refractivity contribution >= 4 is 7.60 Å². The second kappa shape index (κ2) is 9.67. The summed E-state index contributed by atoms with van der Waals surface area (Å²) >= 11 is 0. The largest absolute Gasteiger partial charge is 0.330 e. The minimum Gasteiger partial charge on any atom is -0.309 e. The van der Waals surface area contributed by atoms with Gasteiger partial charge >= 0.3 is 7.60 Å². The molecule has 0 saturated heterocycles. The van der Waals surface area contributed by atoms with E-state index >= 15 is 0 Å². The highest BCUT2D eigenvalue weighted by molar-refractivity contribution is 7.53. The van der Waals surface area contributed by atoms with Crippen molar-refractivity contribution in [1.29, 1.82) is 0 Å². The molecule has 7 heteroatoms. The van der Waals surface area contributed by atoms with Crippen LogP contribution < -0.4 is 0 Å². The van der Waals surface area contributed by atoms with Gasteiger partial charge in [0.15, 0.2) is 0 Å². The van der Waals surface area contributed by atoms with E-state index in [0.29, 0.717) is 25.9 Å². The normalized spacial score (nSPS) is 11.1. The minimum absolute atomic E-state index is 0.399. The predicted molar refractivity (Wildman–Crippen MR) is 63.6 cm³/mol. The minimum atomic E-state index is -2.88. The molecule has 0 bridgehead atoms. The monoisotopic (exact) mass is 249 g/mol. The maximum Gasteiger partial charge on any atom is 0.330 e. The van der Waals surface area contributed by atoms with Gasteiger partial charge in [0.2, 0.25) is 0 Å². The second-order valence-electron chi connectivity index (χ2n) is 3.19. The highest BCUT2D eigenvalue weighted by Gasteiger charge is 2.22. The molecule has 0 spiro atoms. The van der Waals surface area contributed by atoms with E-state index in [2.05, 4.69) is 10.0 Å². The fraction of sp³-hybridized carbons (Fsp3) is 1.00. The van der Waals surface area contributed by atoms with Crippen LogP contribution in [0.15, 0.2) is 5.11 Å². The molecular formula is C9H20N3O3P. The molecule has 0 atom stereocenters. The maximum atomic E-state index is 12.0. The molecule has 0 aliphatic heterocycles. The summed E-state index contributed by atoms with van der Waals surface area (Å²) in [4.78, 5) is 2.66. The molecule has 0 unspecified atom stereocenters. The van der Waals surface area contributed by atoms with Gasteiger partial charge in [0.05, 0.1) is 19.4 Å². The van der Waals surface area contributed by atoms with Crippen LogP contribution in [0.25, 0.3) is 10.4 Å². The lowest BCUT2D eigenvalue weighted by Gasteiger charge is -2.16. The lowest BCUT2D eigenvalue weighted by atomic mass is 10.2. The molecule has 16 heavy (non-hydrogen) atoms. The molecule has 0 aliphatic carbocycles. The van der Waals surface area contributed by atoms with E-state index in [1.54, 1.807) is 13.8 Å². The van der Waals surface area contributed by atoms with Crippen LogP contribution in [-0.2, 0) is 13.6 Å². The maximum absolute atomic E-state index is 12.0. The summed E-state index contributed by atoms with van der Waals surface area (Å²) in [6.07, 6.45) is 2.87. The zero-order valence-electron chi connectivity index (χ0n) is 9.96. The molecule has 0 radical (unpaired) electrons. The van der Waals surface area contributed by atoms with Gasteiger partial charge in [-0.05, 0) is 32.2 Å². The van der Waals surface area contributed by atoms with Gasteiger partial charge in [-0.1, -0.05) is 11.5 Å². The number of hydrogen-bond donors (Lipinski definition) is 0. The Morgan fingerprint density at radius 3 is 2.31 bits per heavy atom. The van der Waals surface area contributed by atoms with E-state index in [1.165, 1.54) is 0 Å². The molecule has 0 aromatic rings. The lowest BCUT2D eigenvalue weighted by Crippen LogP contribution is -2.00. The smallest absolute Gasteiger partial charge is 0.309 e. The fourth-order valence-corrected chi connectivity index (χ4v) is 3.00. The average Bonchev–Trinajstić information content (AvgIpc) is 2.24. The number of rotatable bonds is 10. The summed E-state index contributed by atoms with van der Waals surface area (Å²) in [6, 6.07) is 0. The van der Waals surface area contributed by atoms with Crippen molar-refractivity contribution < 1.29 is 13.6 Å². The molecule has 0 fully saturated rings. The molecule has 0 N–H and O–H groups in total. The van der Waals surface area contributed by atoms with E-state index in [9.17, 15) is 4.57 Å². The molecule has 6 nitrogen and oxygen atoms in total. The Labute approximate surface area is 96.5 Å². The van der Waals surface area contributed by atoms with Crippen molar-refractivity contribution in [2.24, 2.45) is 5.11 Å². The van der Waals surface area contributed by atoms with E-state index < -0.39 is 7.60 Å². The molecule has 0 aromatic heterocycles. The summed E-state index contributed by atoms with van der Waals surface area (Å²) in [7, 11) is -2.88. The van der Waals surface area contributed by atoms with Gasteiger partial charge in [-0.15, -0.1) is 0 Å². The van der Waals surface area contributed by atoms with Crippen molar-refractivity contribution in [3.05, 3.63) is 10.4 Å². The summed E-state index contributed by atoms with van der Waals surface area (Å²) in [5.74, 6) is 0. The molecule has 0 heterocycles. The Bertz CT molecular complexity index is 257. The summed E-state index contributed by atoms with van der Waals surface area (Å²) in [6.45, 7) is 4.89. The molecule has 0 amide bonds. The zero-order chi connectivity index (χ0) is 12.3. The predicted octanol–water partition coefficient (Wildman–Crippen LogP) is 3.73. The van der Waals surface area contributed by atoms with E-state index in [1.807, 2.05) is 0 Å². The van der Waals surface area contributed by atoms with Gasteiger partial charge in [-0.2, -0.15) is 0 Å². The van der Waals surface area contributed by atoms with E-state index in [-0.39, 0.29) is 0 Å². The third-order valence-electron chi connectivity index (χ3n) is 1.90. The number of hydrogen-bond acceptors (Lipinski definition) is 4. The average molecular weight is 249 g/mol. The van der Waals surface area contributed by atoms with E-state index in [0.717, 1.165) is 19.3 Å². The van der Waals surface area contributed by atoms with Crippen molar-refractivity contribution in [3.8, 4) is 0 Å². The first-order valence-electron chi connectivity index (χ1n) is 5.57. The van der Waals surface area contributed by atoms with Gasteiger partial charge < -0.3 is 9.05 Å². The lowest BCUT2D eigenvalue weighted by molar-refractivity contribution is 0.219. The number of azide groups is 1. The highest BCUT2D eigenvalue weighted by atomic mass is 31.2. The summed E-state index contributed by atoms with van der Waals surface area (Å²) in [5.41, 5.74) is 8.07. The standard InChI is InChI=1S/C9H20N3O3P/c1-3-14-16(13,15-4-2)9-7-5-6-8-11-12-10/h3-9H2,1-2H3. The van der Waals surface area contributed by atoms with Crippen LogP contribution >= 0.6 is 7.60 Å². The first-order valence-corrected chi connectivity index (χ1v) is 7.30. The number of nitrogens with zero attached hydrogens (tertiary/aromatic N) is 3. The van der Waals surface area contributed by atoms with Crippen molar-refractivity contribution in [3.63, 3.8) is 0 Å². The van der Waals surface area contributed by atoms with Crippen molar-refractivity contribution in [1.82, 2.24) is 0 Å². The topological polar surface area (TPSA) is 84.3 Å². The Hall–Kier alpha value is -0.540. The van der Waals surface area contributed by atoms with Crippen LogP contribution in [0.5, 0.6) is 0 Å². The first kappa shape index (κ1) is 15.5. The quantitative estimate of drug-likeness (QED) is 0.194. The van der Waals surface area contributed by atoms with Gasteiger partial charge in [0, 0.05) is 11.5 Å². The molecule has 0 rings (SSSR count). The van der Waals surface area contributed by atoms with Crippen LogP contribution in [0.1, 0.15) is 33.1 Å². The van der Waals surface area contributed by atoms with Crippen LogP contribution in [0.4, 0.5) is 0 Å². The van der Waals surface area contributed by atoms with Gasteiger partial charge in [-0.25, -0.2) is 0 Å². The van der Waals surface area contributed by atoms with E-state index in [4.69, 9.17) is 14.6 Å². The summed E-state index contributed by atoms with van der Waals surface area (Å²) < 4.78 is 22.3. The third kappa shape index (κ3) is 7.71. The molecule has 94 valence electrons. The summed E-state index contributed by atoms with van der Waals surface area (Å²) in [5, 5.41) is 3.43.